The third-order valence-electron chi connectivity index (χ3n) is 5.90. The van der Waals surface area contributed by atoms with E-state index in [4.69, 9.17) is 21.5 Å². The van der Waals surface area contributed by atoms with Gasteiger partial charge in [0.1, 0.15) is 0 Å². The number of amides is 2. The molecule has 0 aliphatic heterocycles. The van der Waals surface area contributed by atoms with Gasteiger partial charge in [-0.1, -0.05) is 11.3 Å². The van der Waals surface area contributed by atoms with E-state index in [1.165, 1.54) is 6.42 Å². The summed E-state index contributed by atoms with van der Waals surface area (Å²) in [4.78, 5) is 27.3. The number of alkyl halides is 1. The standard InChI is InChI=1S/C17H22ClN3O4S/c18-17-5-10-1-11(6-17)4-16(3-10,8-17)9-19-14(23)25-15-20-12(7-26-15)2-13(22)21-24/h7,10-11,24H,1-6,8-9H2,(H,19,23)(H,21,22). The van der Waals surface area contributed by atoms with E-state index in [1.54, 1.807) is 10.9 Å². The van der Waals surface area contributed by atoms with Crippen molar-refractivity contribution in [2.45, 2.75) is 49.8 Å². The van der Waals surface area contributed by atoms with Crippen LogP contribution >= 0.6 is 22.9 Å². The zero-order valence-corrected chi connectivity index (χ0v) is 15.9. The number of hydrogen-bond acceptors (Lipinski definition) is 6. The summed E-state index contributed by atoms with van der Waals surface area (Å²) in [6.45, 7) is 0.582. The summed E-state index contributed by atoms with van der Waals surface area (Å²) >= 11 is 7.96. The Kier molecular flexibility index (Phi) is 4.61. The van der Waals surface area contributed by atoms with E-state index in [0.29, 0.717) is 24.1 Å². The van der Waals surface area contributed by atoms with Crippen LogP contribution in [0, 0.1) is 17.3 Å². The van der Waals surface area contributed by atoms with Crippen molar-refractivity contribution in [2.75, 3.05) is 6.54 Å². The minimum absolute atomic E-state index is 0.0678. The summed E-state index contributed by atoms with van der Waals surface area (Å²) in [6, 6.07) is 0. The highest BCUT2D eigenvalue weighted by Crippen LogP contribution is 2.63. The fraction of sp³-hybridized carbons (Fsp3) is 0.706. The minimum atomic E-state index is -0.567. The van der Waals surface area contributed by atoms with Gasteiger partial charge in [-0.25, -0.2) is 15.3 Å². The first-order valence-electron chi connectivity index (χ1n) is 8.89. The fourth-order valence-corrected chi connectivity index (χ4v) is 6.92. The summed E-state index contributed by atoms with van der Waals surface area (Å²) in [5.41, 5.74) is 2.08. The Hall–Kier alpha value is -1.38. The molecular weight excluding hydrogens is 378 g/mol. The lowest BCUT2D eigenvalue weighted by Crippen LogP contribution is -2.56. The summed E-state index contributed by atoms with van der Waals surface area (Å²) in [5, 5.41) is 13.2. The summed E-state index contributed by atoms with van der Waals surface area (Å²) in [6.07, 6.45) is 6.14. The fourth-order valence-electron chi connectivity index (χ4n) is 5.54. The zero-order valence-electron chi connectivity index (χ0n) is 14.3. The molecule has 3 N–H and O–H groups in total. The number of hydroxylamine groups is 1. The van der Waals surface area contributed by atoms with Crippen molar-refractivity contribution in [1.29, 1.82) is 0 Å². The van der Waals surface area contributed by atoms with E-state index in [1.807, 2.05) is 0 Å². The Morgan fingerprint density at radius 2 is 2.08 bits per heavy atom. The number of hydrogen-bond donors (Lipinski definition) is 3. The van der Waals surface area contributed by atoms with Gasteiger partial charge >= 0.3 is 6.09 Å². The van der Waals surface area contributed by atoms with E-state index in [0.717, 1.165) is 43.4 Å². The number of halogens is 1. The molecule has 9 heteroatoms. The maximum atomic E-state index is 12.2. The van der Waals surface area contributed by atoms with E-state index in [2.05, 4.69) is 10.3 Å². The van der Waals surface area contributed by atoms with Crippen molar-refractivity contribution in [1.82, 2.24) is 15.8 Å². The third-order valence-corrected chi connectivity index (χ3v) is 7.10. The van der Waals surface area contributed by atoms with Crippen LogP contribution in [-0.4, -0.2) is 33.6 Å². The average Bonchev–Trinajstić information content (AvgIpc) is 2.97. The van der Waals surface area contributed by atoms with Crippen LogP contribution in [0.5, 0.6) is 5.19 Å². The van der Waals surface area contributed by atoms with Gasteiger partial charge < -0.3 is 10.1 Å². The molecule has 0 saturated heterocycles. The molecule has 142 valence electrons. The Morgan fingerprint density at radius 1 is 1.35 bits per heavy atom. The molecule has 5 rings (SSSR count). The molecule has 7 nitrogen and oxygen atoms in total. The molecule has 26 heavy (non-hydrogen) atoms. The molecule has 4 fully saturated rings. The number of aromatic nitrogens is 1. The van der Waals surface area contributed by atoms with Crippen molar-refractivity contribution >= 4 is 34.9 Å². The molecule has 4 aliphatic carbocycles. The van der Waals surface area contributed by atoms with Gasteiger partial charge in [-0.3, -0.25) is 10.0 Å². The molecule has 1 aromatic heterocycles. The van der Waals surface area contributed by atoms with Gasteiger partial charge in [-0.2, -0.15) is 0 Å². The van der Waals surface area contributed by atoms with Gasteiger partial charge in [0, 0.05) is 16.8 Å². The third kappa shape index (κ3) is 3.68. The molecule has 1 heterocycles. The number of carbonyl (C=O) groups is 2. The van der Waals surface area contributed by atoms with Crippen molar-refractivity contribution in [3.8, 4) is 5.19 Å². The second-order valence-electron chi connectivity index (χ2n) is 8.17. The monoisotopic (exact) mass is 399 g/mol. The number of nitrogens with one attached hydrogen (secondary N) is 2. The Bertz CT molecular complexity index is 711. The lowest BCUT2D eigenvalue weighted by atomic mass is 9.49. The quantitative estimate of drug-likeness (QED) is 0.401. The van der Waals surface area contributed by atoms with Gasteiger partial charge in [0.05, 0.1) is 12.1 Å². The lowest BCUT2D eigenvalue weighted by molar-refractivity contribution is -0.128. The van der Waals surface area contributed by atoms with Gasteiger partial charge in [-0.05, 0) is 55.8 Å². The van der Waals surface area contributed by atoms with Crippen molar-refractivity contribution < 1.29 is 19.5 Å². The first-order valence-corrected chi connectivity index (χ1v) is 10.1. The molecular formula is C17H22ClN3O4S. The molecule has 4 bridgehead atoms. The largest absolute Gasteiger partial charge is 0.414 e. The molecule has 0 radical (unpaired) electrons. The van der Waals surface area contributed by atoms with Gasteiger partial charge in [0.25, 0.3) is 5.19 Å². The van der Waals surface area contributed by atoms with E-state index < -0.39 is 12.0 Å². The molecule has 0 spiro atoms. The molecule has 2 unspecified atom stereocenters. The van der Waals surface area contributed by atoms with Crippen molar-refractivity contribution in [2.24, 2.45) is 17.3 Å². The predicted octanol–water partition coefficient (Wildman–Crippen LogP) is 2.86. The molecule has 1 aromatic rings. The molecule has 2 atom stereocenters. The van der Waals surface area contributed by atoms with Crippen LogP contribution in [0.3, 0.4) is 0 Å². The molecule has 4 saturated carbocycles. The average molecular weight is 400 g/mol. The molecule has 0 aromatic carbocycles. The lowest BCUT2D eigenvalue weighted by Gasteiger charge is -2.60. The van der Waals surface area contributed by atoms with Crippen LogP contribution in [0.15, 0.2) is 5.38 Å². The summed E-state index contributed by atoms with van der Waals surface area (Å²) < 4.78 is 5.23. The number of nitrogens with zero attached hydrogens (tertiary/aromatic N) is 1. The SMILES string of the molecule is O=C(Cc1csc(OC(=O)NCC23CC4CC(CC(Cl)(C4)C2)C3)n1)NO. The summed E-state index contributed by atoms with van der Waals surface area (Å²) in [5.74, 6) is 0.805. The number of rotatable bonds is 5. The Morgan fingerprint density at radius 3 is 2.73 bits per heavy atom. The van der Waals surface area contributed by atoms with Crippen LogP contribution in [0.2, 0.25) is 0 Å². The van der Waals surface area contributed by atoms with Crippen LogP contribution in [0.1, 0.15) is 44.2 Å². The van der Waals surface area contributed by atoms with Crippen LogP contribution in [-0.2, 0) is 11.2 Å². The first-order chi connectivity index (χ1) is 12.4. The topological polar surface area (TPSA) is 101 Å². The normalized spacial score (nSPS) is 34.5. The predicted molar refractivity (Wildman–Crippen MR) is 95.5 cm³/mol. The van der Waals surface area contributed by atoms with Gasteiger partial charge in [0.2, 0.25) is 5.91 Å². The van der Waals surface area contributed by atoms with Crippen molar-refractivity contribution in [3.05, 3.63) is 11.1 Å². The molecule has 2 amide bonds. The van der Waals surface area contributed by atoms with Crippen molar-refractivity contribution in [3.63, 3.8) is 0 Å². The van der Waals surface area contributed by atoms with E-state index in [9.17, 15) is 9.59 Å². The highest BCUT2D eigenvalue weighted by molar-refractivity contribution is 7.11. The minimum Gasteiger partial charge on any atom is -0.381 e. The Balaban J connectivity index is 1.31. The number of ether oxygens (including phenoxy) is 1. The highest BCUT2D eigenvalue weighted by atomic mass is 35.5. The highest BCUT2D eigenvalue weighted by Gasteiger charge is 2.57. The van der Waals surface area contributed by atoms with E-state index in [-0.39, 0.29) is 21.9 Å². The smallest absolute Gasteiger partial charge is 0.381 e. The Labute approximate surface area is 160 Å². The van der Waals surface area contributed by atoms with E-state index >= 15 is 0 Å². The number of carbonyl (C=O) groups excluding carboxylic acids is 2. The summed E-state index contributed by atoms with van der Waals surface area (Å²) in [7, 11) is 0. The van der Waals surface area contributed by atoms with Crippen LogP contribution in [0.4, 0.5) is 4.79 Å². The molecule has 4 aliphatic rings. The number of thiazole rings is 1. The van der Waals surface area contributed by atoms with Gasteiger partial charge in [-0.15, -0.1) is 11.6 Å². The zero-order chi connectivity index (χ0) is 18.4. The second kappa shape index (κ2) is 6.65. The second-order valence-corrected chi connectivity index (χ2v) is 9.79. The van der Waals surface area contributed by atoms with Crippen LogP contribution < -0.4 is 15.5 Å². The van der Waals surface area contributed by atoms with Crippen LogP contribution in [0.25, 0.3) is 0 Å². The maximum absolute atomic E-state index is 12.2. The first kappa shape index (κ1) is 18.0. The van der Waals surface area contributed by atoms with Gasteiger partial charge in [0.15, 0.2) is 0 Å². The maximum Gasteiger partial charge on any atom is 0.414 e.